The van der Waals surface area contributed by atoms with E-state index in [4.69, 9.17) is 14.5 Å². The number of ether oxygens (including phenoxy) is 2. The number of fused-ring (bicyclic) bond motifs is 1. The number of alkyl halides is 3. The molecule has 1 aromatic heterocycles. The highest BCUT2D eigenvalue weighted by atomic mass is 32.2. The molecule has 314 valence electrons. The van der Waals surface area contributed by atoms with Crippen LogP contribution in [-0.4, -0.2) is 42.1 Å². The van der Waals surface area contributed by atoms with Crippen LogP contribution in [0.1, 0.15) is 53.3 Å². The first-order valence-electron chi connectivity index (χ1n) is 19.4. The number of aromatic nitrogens is 2. The summed E-state index contributed by atoms with van der Waals surface area (Å²) in [6.07, 6.45) is -1.82. The zero-order chi connectivity index (χ0) is 42.8. The number of anilines is 2. The van der Waals surface area contributed by atoms with E-state index in [-0.39, 0.29) is 29.9 Å². The van der Waals surface area contributed by atoms with Crippen molar-refractivity contribution in [3.05, 3.63) is 149 Å². The number of benzene rings is 5. The number of halogens is 4. The first kappa shape index (κ1) is 43.7. The van der Waals surface area contributed by atoms with Gasteiger partial charge in [-0.05, 0) is 121 Å². The number of carbonyl (C=O) groups is 2. The van der Waals surface area contributed by atoms with E-state index in [9.17, 15) is 27.2 Å². The average Bonchev–Trinajstić information content (AvgIpc) is 3.54. The number of hydrogen-bond donors (Lipinski definition) is 2. The number of rotatable bonds is 13. The van der Waals surface area contributed by atoms with Gasteiger partial charge in [0.2, 0.25) is 6.41 Å². The summed E-state index contributed by atoms with van der Waals surface area (Å²) >= 11 is 1.68. The number of imidazole rings is 1. The first-order valence-corrected chi connectivity index (χ1v) is 20.2. The van der Waals surface area contributed by atoms with Crippen molar-refractivity contribution in [3.8, 4) is 5.75 Å². The van der Waals surface area contributed by atoms with Crippen molar-refractivity contribution in [2.24, 2.45) is 13.0 Å². The van der Waals surface area contributed by atoms with Gasteiger partial charge in [0.25, 0.3) is 0 Å². The van der Waals surface area contributed by atoms with Gasteiger partial charge in [0.1, 0.15) is 24.0 Å². The summed E-state index contributed by atoms with van der Waals surface area (Å²) in [7, 11) is 5.81. The molecule has 1 aliphatic rings. The molecule has 1 amide bonds. The molecule has 7 rings (SSSR count). The van der Waals surface area contributed by atoms with Gasteiger partial charge in [0, 0.05) is 37.3 Å². The van der Waals surface area contributed by atoms with Crippen molar-refractivity contribution in [2.75, 3.05) is 23.8 Å². The predicted molar refractivity (Wildman–Crippen MR) is 227 cm³/mol. The van der Waals surface area contributed by atoms with Gasteiger partial charge in [0.15, 0.2) is 0 Å². The van der Waals surface area contributed by atoms with Gasteiger partial charge >= 0.3 is 12.1 Å². The Morgan fingerprint density at radius 1 is 0.950 bits per heavy atom. The van der Waals surface area contributed by atoms with Crippen molar-refractivity contribution >= 4 is 46.7 Å². The Hall–Kier alpha value is -5.86. The highest BCUT2D eigenvalue weighted by Gasteiger charge is 2.37. The Labute approximate surface area is 351 Å². The van der Waals surface area contributed by atoms with Crippen molar-refractivity contribution in [2.45, 2.75) is 62.4 Å². The third-order valence-corrected chi connectivity index (χ3v) is 11.6. The minimum Gasteiger partial charge on any atom is -0.497 e. The fourth-order valence-electron chi connectivity index (χ4n) is 7.22. The van der Waals surface area contributed by atoms with Crippen molar-refractivity contribution < 1.29 is 36.6 Å². The van der Waals surface area contributed by atoms with Crippen molar-refractivity contribution in [1.29, 1.82) is 0 Å². The second kappa shape index (κ2) is 19.9. The van der Waals surface area contributed by atoms with E-state index in [1.165, 1.54) is 11.1 Å². The highest BCUT2D eigenvalue weighted by Crippen LogP contribution is 2.40. The Balaban J connectivity index is 0.000000367. The SMILES string of the molecule is COc1ccc(CN[C@@H]2CCC(C(=O)OCc3ccccc3)[C@H](c3ccc(N(C)Sc4ccc5c(c4)nc(C)n5C)cc3)C2)cc1.O=CNc1ccc(C(F)(F)F)cc1F. The summed E-state index contributed by atoms with van der Waals surface area (Å²) in [4.78, 5) is 29.3. The van der Waals surface area contributed by atoms with Crippen LogP contribution in [0.15, 0.2) is 120 Å². The number of hydrogen-bond acceptors (Lipinski definition) is 8. The second-order valence-electron chi connectivity index (χ2n) is 14.5. The lowest BCUT2D eigenvalue weighted by molar-refractivity contribution is -0.152. The molecule has 14 heteroatoms. The fraction of sp³-hybridized carbons (Fsp3) is 0.283. The van der Waals surface area contributed by atoms with E-state index in [1.54, 1.807) is 19.1 Å². The average molecular weight is 842 g/mol. The quantitative estimate of drug-likeness (QED) is 0.0514. The lowest BCUT2D eigenvalue weighted by atomic mass is 9.73. The van der Waals surface area contributed by atoms with E-state index in [1.807, 2.05) is 61.8 Å². The zero-order valence-corrected chi connectivity index (χ0v) is 34.5. The molecule has 0 aliphatic heterocycles. The summed E-state index contributed by atoms with van der Waals surface area (Å²) in [5.74, 6) is 0.507. The summed E-state index contributed by atoms with van der Waals surface area (Å²) in [6, 6.07) is 35.4. The molecule has 0 spiro atoms. The van der Waals surface area contributed by atoms with Gasteiger partial charge in [-0.25, -0.2) is 9.37 Å². The monoisotopic (exact) mass is 841 g/mol. The van der Waals surface area contributed by atoms with Crippen LogP contribution in [0.5, 0.6) is 5.75 Å². The lowest BCUT2D eigenvalue weighted by Crippen LogP contribution is -2.39. The molecule has 1 unspecified atom stereocenters. The number of esters is 1. The minimum absolute atomic E-state index is 0.0622. The third-order valence-electron chi connectivity index (χ3n) is 10.6. The normalized spacial score (nSPS) is 16.4. The van der Waals surface area contributed by atoms with Gasteiger partial charge in [-0.1, -0.05) is 54.6 Å². The van der Waals surface area contributed by atoms with E-state index in [0.717, 1.165) is 70.6 Å². The molecule has 0 saturated heterocycles. The van der Waals surface area contributed by atoms with E-state index in [2.05, 4.69) is 75.8 Å². The van der Waals surface area contributed by atoms with Gasteiger partial charge in [0.05, 0.1) is 35.3 Å². The second-order valence-corrected chi connectivity index (χ2v) is 15.8. The molecular weight excluding hydrogens is 795 g/mol. The minimum atomic E-state index is -4.58. The summed E-state index contributed by atoms with van der Waals surface area (Å²) in [6.45, 7) is 3.10. The van der Waals surface area contributed by atoms with E-state index < -0.39 is 17.6 Å². The molecule has 9 nitrogen and oxygen atoms in total. The molecule has 60 heavy (non-hydrogen) atoms. The number of carbonyl (C=O) groups excluding carboxylic acids is 2. The molecule has 2 N–H and O–H groups in total. The maximum atomic E-state index is 13.5. The van der Waals surface area contributed by atoms with Crippen LogP contribution in [0.2, 0.25) is 0 Å². The summed E-state index contributed by atoms with van der Waals surface area (Å²) < 4.78 is 64.4. The van der Waals surface area contributed by atoms with Crippen molar-refractivity contribution in [3.63, 3.8) is 0 Å². The maximum absolute atomic E-state index is 13.5. The topological polar surface area (TPSA) is 97.7 Å². The molecule has 0 radical (unpaired) electrons. The summed E-state index contributed by atoms with van der Waals surface area (Å²) in [5, 5.41) is 5.69. The number of aryl methyl sites for hydroxylation is 2. The molecule has 5 aromatic carbocycles. The maximum Gasteiger partial charge on any atom is 0.416 e. The molecular formula is C46H47F4N5O4S. The largest absolute Gasteiger partial charge is 0.497 e. The van der Waals surface area contributed by atoms with E-state index >= 15 is 0 Å². The van der Waals surface area contributed by atoms with Gasteiger partial charge in [-0.3, -0.25) is 9.59 Å². The van der Waals surface area contributed by atoms with Crippen molar-refractivity contribution in [1.82, 2.24) is 14.9 Å². The smallest absolute Gasteiger partial charge is 0.416 e. The molecule has 3 atom stereocenters. The molecule has 1 saturated carbocycles. The molecule has 1 fully saturated rings. The van der Waals surface area contributed by atoms with Crippen LogP contribution in [0, 0.1) is 18.7 Å². The van der Waals surface area contributed by atoms with Crippen LogP contribution in [0.4, 0.5) is 28.9 Å². The number of methoxy groups -OCH3 is 1. The molecule has 1 aliphatic carbocycles. The Morgan fingerprint density at radius 3 is 2.35 bits per heavy atom. The fourth-order valence-corrected chi connectivity index (χ4v) is 8.06. The molecule has 1 heterocycles. The van der Waals surface area contributed by atoms with Crippen LogP contribution < -0.4 is 19.7 Å². The third kappa shape index (κ3) is 11.2. The lowest BCUT2D eigenvalue weighted by Gasteiger charge is -2.36. The zero-order valence-electron chi connectivity index (χ0n) is 33.7. The standard InChI is InChI=1S/C38H42N4O3S.C8H5F4NO/c1-26-40-36-23-33(19-21-37(36)41(26)2)46-42(3)31-15-12-29(13-16-31)35-22-30(39-24-27-10-17-32(44-4)18-11-27)14-20-34(35)38(43)45-25-28-8-6-5-7-9-28;9-6-3-5(8(10,11)12)1-2-7(6)13-4-14/h5-13,15-19,21,23,30,34-35,39H,14,20,22,24-25H2,1-4H3;1-4H,(H,13,14)/t30-,34?,35+;/m1./s1. The number of nitrogens with one attached hydrogen (secondary N) is 2. The molecule has 6 aromatic rings. The van der Waals surface area contributed by atoms with Crippen LogP contribution >= 0.6 is 11.9 Å². The van der Waals surface area contributed by atoms with E-state index in [0.29, 0.717) is 24.8 Å². The predicted octanol–water partition coefficient (Wildman–Crippen LogP) is 10.2. The van der Waals surface area contributed by atoms with Gasteiger partial charge in [-0.15, -0.1) is 0 Å². The first-order chi connectivity index (χ1) is 28.8. The highest BCUT2D eigenvalue weighted by molar-refractivity contribution is 8.00. The van der Waals surface area contributed by atoms with Crippen LogP contribution in [-0.2, 0) is 40.7 Å². The Bertz CT molecular complexity index is 2360. The van der Waals surface area contributed by atoms with Gasteiger partial charge in [-0.2, -0.15) is 13.2 Å². The number of amides is 1. The van der Waals surface area contributed by atoms with Gasteiger partial charge < -0.3 is 29.0 Å². The molecule has 0 bridgehead atoms. The van der Waals surface area contributed by atoms with Crippen LogP contribution in [0.25, 0.3) is 11.0 Å². The van der Waals surface area contributed by atoms with Crippen LogP contribution in [0.3, 0.4) is 0 Å². The Kier molecular flexibility index (Phi) is 14.5. The Morgan fingerprint density at radius 2 is 1.68 bits per heavy atom. The summed E-state index contributed by atoms with van der Waals surface area (Å²) in [5.41, 5.74) is 5.25. The number of nitrogens with zero attached hydrogens (tertiary/aromatic N) is 3.